The minimum absolute atomic E-state index is 0.235. The summed E-state index contributed by atoms with van der Waals surface area (Å²) in [6.07, 6.45) is 2.16. The number of rotatable bonds is 7. The molecular weight excluding hydrogens is 278 g/mol. The van der Waals surface area contributed by atoms with Gasteiger partial charge in [-0.15, -0.1) is 0 Å². The van der Waals surface area contributed by atoms with Crippen molar-refractivity contribution in [1.29, 1.82) is 0 Å². The van der Waals surface area contributed by atoms with Crippen LogP contribution in [0.25, 0.3) is 0 Å². The molecule has 110 valence electrons. The van der Waals surface area contributed by atoms with Gasteiger partial charge in [0, 0.05) is 11.4 Å². The Hall–Kier alpha value is -1.55. The molecule has 0 heterocycles. The quantitative estimate of drug-likeness (QED) is 0.810. The molecule has 1 unspecified atom stereocenters. The highest BCUT2D eigenvalue weighted by molar-refractivity contribution is 6.30. The predicted molar refractivity (Wildman–Crippen MR) is 78.7 cm³/mol. The zero-order valence-electron chi connectivity index (χ0n) is 11.7. The second-order valence-electron chi connectivity index (χ2n) is 4.78. The largest absolute Gasteiger partial charge is 0.479 e. The molecule has 5 heteroatoms. The Morgan fingerprint density at radius 1 is 1.20 bits per heavy atom. The van der Waals surface area contributed by atoms with E-state index in [1.54, 1.807) is 24.3 Å². The number of carbonyl (C=O) groups is 2. The minimum Gasteiger partial charge on any atom is -0.479 e. The van der Waals surface area contributed by atoms with Gasteiger partial charge in [0.25, 0.3) is 0 Å². The lowest BCUT2D eigenvalue weighted by Crippen LogP contribution is -2.34. The van der Waals surface area contributed by atoms with Crippen molar-refractivity contribution in [1.82, 2.24) is 5.32 Å². The highest BCUT2D eigenvalue weighted by Crippen LogP contribution is 2.18. The van der Waals surface area contributed by atoms with Crippen molar-refractivity contribution in [2.75, 3.05) is 0 Å². The van der Waals surface area contributed by atoms with Gasteiger partial charge < -0.3 is 10.4 Å². The number of aliphatic carboxylic acids is 1. The van der Waals surface area contributed by atoms with Gasteiger partial charge in [-0.1, -0.05) is 50.4 Å². The fourth-order valence-corrected chi connectivity index (χ4v) is 2.13. The smallest absolute Gasteiger partial charge is 0.330 e. The second kappa shape index (κ2) is 7.90. The van der Waals surface area contributed by atoms with Crippen LogP contribution >= 0.6 is 11.6 Å². The van der Waals surface area contributed by atoms with Crippen LogP contribution in [0.4, 0.5) is 0 Å². The van der Waals surface area contributed by atoms with Crippen molar-refractivity contribution >= 4 is 23.5 Å². The van der Waals surface area contributed by atoms with Crippen molar-refractivity contribution in [3.8, 4) is 0 Å². The summed E-state index contributed by atoms with van der Waals surface area (Å²) in [6, 6.07) is 5.41. The van der Waals surface area contributed by atoms with E-state index in [1.165, 1.54) is 0 Å². The summed E-state index contributed by atoms with van der Waals surface area (Å²) in [4.78, 5) is 23.2. The van der Waals surface area contributed by atoms with Gasteiger partial charge in [0.1, 0.15) is 0 Å². The number of halogens is 1. The molecule has 0 aliphatic heterocycles. The Balaban J connectivity index is 2.75. The number of benzene rings is 1. The molecule has 0 saturated heterocycles. The maximum absolute atomic E-state index is 11.9. The van der Waals surface area contributed by atoms with Gasteiger partial charge >= 0.3 is 5.97 Å². The van der Waals surface area contributed by atoms with E-state index in [1.807, 2.05) is 13.8 Å². The van der Waals surface area contributed by atoms with Gasteiger partial charge in [0.05, 0.1) is 0 Å². The number of carboxylic acid groups (broad SMARTS) is 1. The van der Waals surface area contributed by atoms with Crippen molar-refractivity contribution in [2.24, 2.45) is 5.92 Å². The van der Waals surface area contributed by atoms with Crippen LogP contribution in [-0.4, -0.2) is 17.0 Å². The van der Waals surface area contributed by atoms with E-state index in [2.05, 4.69) is 5.32 Å². The maximum atomic E-state index is 11.9. The summed E-state index contributed by atoms with van der Waals surface area (Å²) in [5.41, 5.74) is 0.514. The van der Waals surface area contributed by atoms with Crippen LogP contribution in [0.2, 0.25) is 5.02 Å². The molecule has 0 spiro atoms. The summed E-state index contributed by atoms with van der Waals surface area (Å²) in [7, 11) is 0. The number of amides is 1. The summed E-state index contributed by atoms with van der Waals surface area (Å²) >= 11 is 5.77. The first-order valence-corrected chi connectivity index (χ1v) is 7.13. The molecule has 1 aromatic carbocycles. The van der Waals surface area contributed by atoms with Gasteiger partial charge in [0.2, 0.25) is 5.91 Å². The number of nitrogens with one attached hydrogen (secondary N) is 1. The molecular formula is C15H20ClNO3. The van der Waals surface area contributed by atoms with Crippen LogP contribution in [-0.2, 0) is 9.59 Å². The third-order valence-electron chi connectivity index (χ3n) is 3.38. The molecule has 0 aliphatic rings. The first-order valence-electron chi connectivity index (χ1n) is 6.75. The van der Waals surface area contributed by atoms with E-state index in [-0.39, 0.29) is 11.8 Å². The van der Waals surface area contributed by atoms with Crippen molar-refractivity contribution in [2.45, 2.75) is 39.2 Å². The van der Waals surface area contributed by atoms with Crippen molar-refractivity contribution in [3.05, 3.63) is 34.9 Å². The topological polar surface area (TPSA) is 66.4 Å². The van der Waals surface area contributed by atoms with E-state index < -0.39 is 12.0 Å². The number of carbonyl (C=O) groups excluding carboxylic acids is 1. The number of hydrogen-bond donors (Lipinski definition) is 2. The molecule has 4 nitrogen and oxygen atoms in total. The maximum Gasteiger partial charge on any atom is 0.330 e. The molecule has 1 amide bonds. The third kappa shape index (κ3) is 4.85. The van der Waals surface area contributed by atoms with E-state index in [0.29, 0.717) is 17.0 Å². The molecule has 2 N–H and O–H groups in total. The van der Waals surface area contributed by atoms with Crippen LogP contribution in [0.5, 0.6) is 0 Å². The Morgan fingerprint density at radius 2 is 1.75 bits per heavy atom. The number of hydrogen-bond acceptors (Lipinski definition) is 2. The monoisotopic (exact) mass is 297 g/mol. The van der Waals surface area contributed by atoms with Crippen LogP contribution in [0.3, 0.4) is 0 Å². The molecule has 0 aliphatic carbocycles. The first-order chi connectivity index (χ1) is 9.47. The molecule has 20 heavy (non-hydrogen) atoms. The standard InChI is InChI=1S/C15H20ClNO3/c1-3-10(4-2)9-13(18)17-14(15(19)20)11-5-7-12(16)8-6-11/h5-8,10,14H,3-4,9H2,1-2H3,(H,17,18)(H,19,20). The lowest BCUT2D eigenvalue weighted by Gasteiger charge is -2.17. The molecule has 0 fully saturated rings. The average Bonchev–Trinajstić information content (AvgIpc) is 2.43. The highest BCUT2D eigenvalue weighted by atomic mass is 35.5. The zero-order valence-corrected chi connectivity index (χ0v) is 12.5. The van der Waals surface area contributed by atoms with Crippen LogP contribution in [0, 0.1) is 5.92 Å². The number of carboxylic acids is 1. The van der Waals surface area contributed by atoms with Gasteiger partial charge in [-0.3, -0.25) is 4.79 Å². The van der Waals surface area contributed by atoms with Gasteiger partial charge in [0.15, 0.2) is 6.04 Å². The Labute approximate surface area is 124 Å². The van der Waals surface area contributed by atoms with Crippen LogP contribution in [0.15, 0.2) is 24.3 Å². The Bertz CT molecular complexity index is 455. The van der Waals surface area contributed by atoms with E-state index >= 15 is 0 Å². The summed E-state index contributed by atoms with van der Waals surface area (Å²) in [6.45, 7) is 4.05. The minimum atomic E-state index is -1.08. The lowest BCUT2D eigenvalue weighted by atomic mass is 9.98. The Kier molecular flexibility index (Phi) is 6.52. The van der Waals surface area contributed by atoms with E-state index in [9.17, 15) is 14.7 Å². The molecule has 0 saturated carbocycles. The highest BCUT2D eigenvalue weighted by Gasteiger charge is 2.22. The molecule has 1 atom stereocenters. The third-order valence-corrected chi connectivity index (χ3v) is 3.64. The van der Waals surface area contributed by atoms with E-state index in [4.69, 9.17) is 11.6 Å². The predicted octanol–water partition coefficient (Wildman–Crippen LogP) is 3.41. The molecule has 0 radical (unpaired) electrons. The summed E-state index contributed by atoms with van der Waals surface area (Å²) < 4.78 is 0. The molecule has 1 aromatic rings. The average molecular weight is 298 g/mol. The molecule has 1 rings (SSSR count). The van der Waals surface area contributed by atoms with Crippen LogP contribution < -0.4 is 5.32 Å². The SMILES string of the molecule is CCC(CC)CC(=O)NC(C(=O)O)c1ccc(Cl)cc1. The summed E-state index contributed by atoms with van der Waals surface area (Å²) in [5.74, 6) is -1.03. The van der Waals surface area contributed by atoms with Crippen molar-refractivity contribution in [3.63, 3.8) is 0 Å². The van der Waals surface area contributed by atoms with Crippen molar-refractivity contribution < 1.29 is 14.7 Å². The molecule has 0 aromatic heterocycles. The van der Waals surface area contributed by atoms with E-state index in [0.717, 1.165) is 12.8 Å². The normalized spacial score (nSPS) is 12.2. The zero-order chi connectivity index (χ0) is 15.1. The fraction of sp³-hybridized carbons (Fsp3) is 0.467. The van der Waals surface area contributed by atoms with Gasteiger partial charge in [-0.2, -0.15) is 0 Å². The van der Waals surface area contributed by atoms with Gasteiger partial charge in [-0.05, 0) is 23.6 Å². The van der Waals surface area contributed by atoms with Crippen LogP contribution in [0.1, 0.15) is 44.7 Å². The first kappa shape index (κ1) is 16.5. The second-order valence-corrected chi connectivity index (χ2v) is 5.21. The van der Waals surface area contributed by atoms with Gasteiger partial charge in [-0.25, -0.2) is 4.79 Å². The molecule has 0 bridgehead atoms. The lowest BCUT2D eigenvalue weighted by molar-refractivity contribution is -0.142. The summed E-state index contributed by atoms with van der Waals surface area (Å²) in [5, 5.41) is 12.3. The fourth-order valence-electron chi connectivity index (χ4n) is 2.00. The Morgan fingerprint density at radius 3 is 2.20 bits per heavy atom.